The first-order chi connectivity index (χ1) is 17.2. The van der Waals surface area contributed by atoms with Crippen molar-refractivity contribution in [1.29, 1.82) is 0 Å². The number of anilines is 2. The molecular formula is C23H18Cl2FN5O2S3. The van der Waals surface area contributed by atoms with E-state index in [4.69, 9.17) is 23.2 Å². The van der Waals surface area contributed by atoms with Crippen LogP contribution in [0.1, 0.15) is 19.4 Å². The SMILES string of the molecule is CC(=O)C(C)Sc1nnc(SCC(=O)Cc2ccc3ncnc(Nc4cc(Cl)c(Cl)cc4F)c3c2)s1. The van der Waals surface area contributed by atoms with Crippen molar-refractivity contribution in [3.63, 3.8) is 0 Å². The molecule has 13 heteroatoms. The number of thioether (sulfide) groups is 2. The first-order valence-corrected chi connectivity index (χ1v) is 13.9. The zero-order valence-corrected chi connectivity index (χ0v) is 22.9. The Kier molecular flexibility index (Phi) is 8.78. The van der Waals surface area contributed by atoms with E-state index in [1.165, 1.54) is 54.2 Å². The molecule has 0 spiro atoms. The Hall–Kier alpha value is -2.31. The maximum atomic E-state index is 14.4. The van der Waals surface area contributed by atoms with Gasteiger partial charge >= 0.3 is 0 Å². The molecule has 0 aliphatic rings. The van der Waals surface area contributed by atoms with Gasteiger partial charge in [0.05, 0.1) is 32.3 Å². The molecule has 4 rings (SSSR count). The summed E-state index contributed by atoms with van der Waals surface area (Å²) >= 11 is 15.9. The lowest BCUT2D eigenvalue weighted by Gasteiger charge is -2.11. The number of aromatic nitrogens is 4. The van der Waals surface area contributed by atoms with Crippen LogP contribution in [0.15, 0.2) is 45.3 Å². The molecule has 1 unspecified atom stereocenters. The van der Waals surface area contributed by atoms with Crippen molar-refractivity contribution in [2.45, 2.75) is 34.2 Å². The minimum absolute atomic E-state index is 0.00254. The van der Waals surface area contributed by atoms with Crippen LogP contribution in [0, 0.1) is 5.82 Å². The van der Waals surface area contributed by atoms with Crippen LogP contribution < -0.4 is 5.32 Å². The molecule has 0 fully saturated rings. The molecule has 0 amide bonds. The highest BCUT2D eigenvalue weighted by molar-refractivity contribution is 8.04. The summed E-state index contributed by atoms with van der Waals surface area (Å²) in [5, 5.41) is 11.9. The second-order valence-electron chi connectivity index (χ2n) is 7.65. The summed E-state index contributed by atoms with van der Waals surface area (Å²) in [7, 11) is 0. The lowest BCUT2D eigenvalue weighted by atomic mass is 10.1. The third kappa shape index (κ3) is 6.71. The summed E-state index contributed by atoms with van der Waals surface area (Å²) < 4.78 is 15.7. The standard InChI is InChI=1S/C23H18Cl2FN5O2S3/c1-11(32)12(2)35-23-31-30-22(36-23)34-9-14(33)5-13-3-4-19-15(6-13)21(28-10-27-19)29-20-8-17(25)16(24)7-18(20)26/h3-4,6-8,10,12H,5,9H2,1-2H3,(H,27,28,29). The molecule has 0 bridgehead atoms. The maximum absolute atomic E-state index is 14.4. The predicted molar refractivity (Wildman–Crippen MR) is 145 cm³/mol. The Morgan fingerprint density at radius 3 is 2.64 bits per heavy atom. The number of carbonyl (C=O) groups excluding carboxylic acids is 2. The summed E-state index contributed by atoms with van der Waals surface area (Å²) in [5.74, 6) is 0.0986. The van der Waals surface area contributed by atoms with Crippen molar-refractivity contribution in [3.05, 3.63) is 58.1 Å². The largest absolute Gasteiger partial charge is 0.337 e. The summed E-state index contributed by atoms with van der Waals surface area (Å²) in [6.45, 7) is 3.36. The van der Waals surface area contributed by atoms with Crippen LogP contribution in [-0.2, 0) is 16.0 Å². The Morgan fingerprint density at radius 1 is 1.11 bits per heavy atom. The van der Waals surface area contributed by atoms with Gasteiger partial charge in [-0.2, -0.15) is 0 Å². The van der Waals surface area contributed by atoms with Gasteiger partial charge in [-0.3, -0.25) is 9.59 Å². The van der Waals surface area contributed by atoms with Crippen LogP contribution in [0.3, 0.4) is 0 Å². The number of halogens is 3. The first kappa shape index (κ1) is 26.7. The number of Topliss-reactive ketones (excluding diaryl/α,β-unsaturated/α-hetero) is 2. The van der Waals surface area contributed by atoms with Crippen molar-refractivity contribution >= 4 is 92.0 Å². The molecule has 0 saturated carbocycles. The van der Waals surface area contributed by atoms with Gasteiger partial charge in [0.1, 0.15) is 29.5 Å². The number of carbonyl (C=O) groups is 2. The van der Waals surface area contributed by atoms with E-state index in [9.17, 15) is 14.0 Å². The maximum Gasteiger partial charge on any atom is 0.175 e. The van der Waals surface area contributed by atoms with E-state index < -0.39 is 5.82 Å². The van der Waals surface area contributed by atoms with E-state index in [-0.39, 0.29) is 44.7 Å². The summed E-state index contributed by atoms with van der Waals surface area (Å²) in [5.41, 5.74) is 1.52. The Morgan fingerprint density at radius 2 is 1.86 bits per heavy atom. The van der Waals surface area contributed by atoms with Crippen molar-refractivity contribution in [1.82, 2.24) is 20.2 Å². The van der Waals surface area contributed by atoms with E-state index in [2.05, 4.69) is 25.5 Å². The molecular weight excluding hydrogens is 564 g/mol. The number of hydrogen-bond donors (Lipinski definition) is 1. The van der Waals surface area contributed by atoms with E-state index in [1.54, 1.807) is 12.1 Å². The molecule has 36 heavy (non-hydrogen) atoms. The molecule has 0 aliphatic carbocycles. The molecule has 0 saturated heterocycles. The van der Waals surface area contributed by atoms with Gasteiger partial charge in [0.15, 0.2) is 8.68 Å². The minimum atomic E-state index is -0.575. The van der Waals surface area contributed by atoms with E-state index in [0.29, 0.717) is 25.4 Å². The van der Waals surface area contributed by atoms with Gasteiger partial charge in [0, 0.05) is 11.8 Å². The van der Waals surface area contributed by atoms with E-state index >= 15 is 0 Å². The Balaban J connectivity index is 1.44. The van der Waals surface area contributed by atoms with Gasteiger partial charge in [0.25, 0.3) is 0 Å². The average Bonchev–Trinajstić information content (AvgIpc) is 3.28. The molecule has 2 heterocycles. The van der Waals surface area contributed by atoms with E-state index in [1.807, 2.05) is 13.0 Å². The number of rotatable bonds is 10. The zero-order valence-electron chi connectivity index (χ0n) is 18.9. The number of nitrogens with one attached hydrogen (secondary N) is 1. The average molecular weight is 583 g/mol. The predicted octanol–water partition coefficient (Wildman–Crippen LogP) is 6.64. The van der Waals surface area contributed by atoms with Crippen LogP contribution in [-0.4, -0.2) is 42.7 Å². The molecule has 0 aliphatic heterocycles. The highest BCUT2D eigenvalue weighted by Gasteiger charge is 2.15. The highest BCUT2D eigenvalue weighted by atomic mass is 35.5. The topological polar surface area (TPSA) is 97.7 Å². The summed E-state index contributed by atoms with van der Waals surface area (Å²) in [6, 6.07) is 7.92. The molecule has 2 aromatic carbocycles. The fourth-order valence-corrected chi connectivity index (χ4v) is 6.36. The van der Waals surface area contributed by atoms with Gasteiger partial charge in [-0.15, -0.1) is 10.2 Å². The summed E-state index contributed by atoms with van der Waals surface area (Å²) in [4.78, 5) is 32.6. The second kappa shape index (κ2) is 11.8. The lowest BCUT2D eigenvalue weighted by molar-refractivity contribution is -0.116. The number of hydrogen-bond acceptors (Lipinski definition) is 10. The number of fused-ring (bicyclic) bond motifs is 1. The first-order valence-electron chi connectivity index (χ1n) is 10.5. The van der Waals surface area contributed by atoms with Gasteiger partial charge in [-0.1, -0.05) is 64.1 Å². The third-order valence-corrected chi connectivity index (χ3v) is 9.10. The van der Waals surface area contributed by atoms with Crippen molar-refractivity contribution in [3.8, 4) is 0 Å². The number of nitrogens with zero attached hydrogens (tertiary/aromatic N) is 4. The molecule has 1 atom stereocenters. The minimum Gasteiger partial charge on any atom is -0.337 e. The number of ketones is 2. The van der Waals surface area contributed by atoms with Gasteiger partial charge < -0.3 is 5.32 Å². The zero-order chi connectivity index (χ0) is 25.8. The normalized spacial score (nSPS) is 12.0. The molecule has 0 radical (unpaired) electrons. The quantitative estimate of drug-likeness (QED) is 0.163. The monoisotopic (exact) mass is 581 g/mol. The molecule has 7 nitrogen and oxygen atoms in total. The van der Waals surface area contributed by atoms with Crippen LogP contribution in [0.25, 0.3) is 10.9 Å². The molecule has 1 N–H and O–H groups in total. The lowest BCUT2D eigenvalue weighted by Crippen LogP contribution is -2.07. The summed E-state index contributed by atoms with van der Waals surface area (Å²) in [6.07, 6.45) is 1.56. The molecule has 186 valence electrons. The Bertz CT molecular complexity index is 1450. The second-order valence-corrected chi connectivity index (χ2v) is 12.3. The van der Waals surface area contributed by atoms with Crippen molar-refractivity contribution in [2.75, 3.05) is 11.1 Å². The molecule has 4 aromatic rings. The van der Waals surface area contributed by atoms with E-state index in [0.717, 1.165) is 11.6 Å². The van der Waals surface area contributed by atoms with Crippen LogP contribution >= 0.6 is 58.1 Å². The fourth-order valence-electron chi connectivity index (χ4n) is 3.02. The van der Waals surface area contributed by atoms with Crippen LogP contribution in [0.2, 0.25) is 10.0 Å². The van der Waals surface area contributed by atoms with Crippen molar-refractivity contribution in [2.24, 2.45) is 0 Å². The van der Waals surface area contributed by atoms with Crippen LogP contribution in [0.4, 0.5) is 15.9 Å². The third-order valence-electron chi connectivity index (χ3n) is 4.96. The van der Waals surface area contributed by atoms with Gasteiger partial charge in [-0.05, 0) is 43.7 Å². The number of benzene rings is 2. The van der Waals surface area contributed by atoms with Crippen LogP contribution in [0.5, 0.6) is 0 Å². The fraction of sp³-hybridized carbons (Fsp3) is 0.217. The Labute approximate surface area is 228 Å². The van der Waals surface area contributed by atoms with Gasteiger partial charge in [0.2, 0.25) is 0 Å². The van der Waals surface area contributed by atoms with Gasteiger partial charge in [-0.25, -0.2) is 14.4 Å². The van der Waals surface area contributed by atoms with Crippen molar-refractivity contribution < 1.29 is 14.0 Å². The highest BCUT2D eigenvalue weighted by Crippen LogP contribution is 2.33. The molecule has 2 aromatic heterocycles. The smallest absolute Gasteiger partial charge is 0.175 e.